The third-order valence-electron chi connectivity index (χ3n) is 3.95. The minimum absolute atomic E-state index is 0.171. The van der Waals surface area contributed by atoms with Crippen LogP contribution in [-0.4, -0.2) is 29.3 Å². The van der Waals surface area contributed by atoms with E-state index in [4.69, 9.17) is 25.6 Å². The number of nitrogens with one attached hydrogen (secondary N) is 2. The van der Waals surface area contributed by atoms with Gasteiger partial charge in [0, 0.05) is 35.8 Å². The fourth-order valence-electron chi connectivity index (χ4n) is 2.47. The maximum Gasteiger partial charge on any atom is 0.249 e. The summed E-state index contributed by atoms with van der Waals surface area (Å²) in [5.74, 6) is 0.995. The first-order valence-electron chi connectivity index (χ1n) is 8.13. The van der Waals surface area contributed by atoms with E-state index in [2.05, 4.69) is 15.5 Å². The SMILES string of the molecule is CO[C@H](C)C(=O)NCc1cc2cc(Cl)c(OCc3cc(C)no3)cc2[nH]1. The van der Waals surface area contributed by atoms with Crippen LogP contribution in [0.1, 0.15) is 24.1 Å². The van der Waals surface area contributed by atoms with Crippen LogP contribution >= 0.6 is 11.6 Å². The highest BCUT2D eigenvalue weighted by Gasteiger charge is 2.13. The number of ether oxygens (including phenoxy) is 2. The summed E-state index contributed by atoms with van der Waals surface area (Å²) in [5.41, 5.74) is 2.52. The lowest BCUT2D eigenvalue weighted by Gasteiger charge is -2.09. The second-order valence-electron chi connectivity index (χ2n) is 5.98. The number of nitrogens with zero attached hydrogens (tertiary/aromatic N) is 1. The van der Waals surface area contributed by atoms with Crippen molar-refractivity contribution in [2.45, 2.75) is 33.1 Å². The maximum atomic E-state index is 11.8. The van der Waals surface area contributed by atoms with Crippen molar-refractivity contribution < 1.29 is 18.8 Å². The normalized spacial score (nSPS) is 12.3. The number of aromatic nitrogens is 2. The van der Waals surface area contributed by atoms with Crippen molar-refractivity contribution >= 4 is 28.4 Å². The van der Waals surface area contributed by atoms with Crippen molar-refractivity contribution in [1.82, 2.24) is 15.5 Å². The Morgan fingerprint density at radius 1 is 1.38 bits per heavy atom. The molecule has 0 aliphatic heterocycles. The Morgan fingerprint density at radius 3 is 2.88 bits per heavy atom. The summed E-state index contributed by atoms with van der Waals surface area (Å²) in [5, 5.41) is 8.06. The number of amides is 1. The molecule has 0 aliphatic carbocycles. The number of aromatic amines is 1. The van der Waals surface area contributed by atoms with Crippen molar-refractivity contribution in [3.63, 3.8) is 0 Å². The fraction of sp³-hybridized carbons (Fsp3) is 0.333. The Morgan fingerprint density at radius 2 is 2.19 bits per heavy atom. The summed E-state index contributed by atoms with van der Waals surface area (Å²) in [6.07, 6.45) is -0.492. The number of fused-ring (bicyclic) bond motifs is 1. The van der Waals surface area contributed by atoms with Gasteiger partial charge in [-0.15, -0.1) is 0 Å². The molecular weight excluding hydrogens is 358 g/mol. The molecule has 0 spiro atoms. The van der Waals surface area contributed by atoms with E-state index in [0.717, 1.165) is 22.3 Å². The third kappa shape index (κ3) is 4.17. The summed E-state index contributed by atoms with van der Waals surface area (Å²) < 4.78 is 15.8. The summed E-state index contributed by atoms with van der Waals surface area (Å²) in [6, 6.07) is 7.38. The molecule has 1 atom stereocenters. The Kier molecular flexibility index (Phi) is 5.49. The van der Waals surface area contributed by atoms with Gasteiger partial charge in [0.15, 0.2) is 5.76 Å². The van der Waals surface area contributed by atoms with Crippen LogP contribution in [0.3, 0.4) is 0 Å². The number of halogens is 1. The Balaban J connectivity index is 1.70. The highest BCUT2D eigenvalue weighted by molar-refractivity contribution is 6.32. The first kappa shape index (κ1) is 18.3. The lowest BCUT2D eigenvalue weighted by Crippen LogP contribution is -2.33. The van der Waals surface area contributed by atoms with Crippen molar-refractivity contribution in [3.05, 3.63) is 46.4 Å². The number of aryl methyl sites for hydroxylation is 1. The van der Waals surface area contributed by atoms with E-state index in [-0.39, 0.29) is 12.5 Å². The molecule has 0 unspecified atom stereocenters. The first-order chi connectivity index (χ1) is 12.5. The smallest absolute Gasteiger partial charge is 0.249 e. The van der Waals surface area contributed by atoms with Gasteiger partial charge in [-0.2, -0.15) is 0 Å². The number of rotatable bonds is 7. The van der Waals surface area contributed by atoms with Crippen molar-refractivity contribution in [3.8, 4) is 5.75 Å². The van der Waals surface area contributed by atoms with Crippen LogP contribution in [-0.2, 0) is 22.7 Å². The summed E-state index contributed by atoms with van der Waals surface area (Å²) >= 11 is 6.30. The van der Waals surface area contributed by atoms with Crippen LogP contribution in [0.2, 0.25) is 5.02 Å². The zero-order chi connectivity index (χ0) is 18.7. The van der Waals surface area contributed by atoms with Crippen molar-refractivity contribution in [2.75, 3.05) is 7.11 Å². The maximum absolute atomic E-state index is 11.8. The minimum Gasteiger partial charge on any atom is -0.484 e. The number of hydrogen-bond donors (Lipinski definition) is 2. The van der Waals surface area contributed by atoms with E-state index >= 15 is 0 Å². The topological polar surface area (TPSA) is 89.4 Å². The van der Waals surface area contributed by atoms with Crippen LogP contribution in [0, 0.1) is 6.92 Å². The predicted molar refractivity (Wildman–Crippen MR) is 97.2 cm³/mol. The Bertz CT molecular complexity index is 918. The van der Waals surface area contributed by atoms with Crippen LogP contribution < -0.4 is 10.1 Å². The molecule has 0 aliphatic rings. The molecule has 0 saturated heterocycles. The highest BCUT2D eigenvalue weighted by atomic mass is 35.5. The summed E-state index contributed by atoms with van der Waals surface area (Å²) in [6.45, 7) is 4.15. The summed E-state index contributed by atoms with van der Waals surface area (Å²) in [7, 11) is 1.50. The lowest BCUT2D eigenvalue weighted by atomic mass is 10.2. The lowest BCUT2D eigenvalue weighted by molar-refractivity contribution is -0.130. The van der Waals surface area contributed by atoms with E-state index in [1.165, 1.54) is 7.11 Å². The molecule has 0 fully saturated rings. The number of methoxy groups -OCH3 is 1. The molecule has 138 valence electrons. The molecule has 2 aromatic heterocycles. The molecule has 7 nitrogen and oxygen atoms in total. The van der Waals surface area contributed by atoms with Gasteiger partial charge in [-0.1, -0.05) is 16.8 Å². The number of benzene rings is 1. The van der Waals surface area contributed by atoms with E-state index in [0.29, 0.717) is 23.1 Å². The molecule has 0 radical (unpaired) electrons. The van der Waals surface area contributed by atoms with E-state index in [9.17, 15) is 4.79 Å². The van der Waals surface area contributed by atoms with E-state index in [1.807, 2.05) is 31.2 Å². The third-order valence-corrected chi connectivity index (χ3v) is 4.25. The van der Waals surface area contributed by atoms with E-state index < -0.39 is 6.10 Å². The molecule has 0 bridgehead atoms. The van der Waals surface area contributed by atoms with Gasteiger partial charge in [0.25, 0.3) is 0 Å². The van der Waals surface area contributed by atoms with Gasteiger partial charge >= 0.3 is 0 Å². The average Bonchev–Trinajstić information content (AvgIpc) is 3.22. The highest BCUT2D eigenvalue weighted by Crippen LogP contribution is 2.31. The molecule has 2 N–H and O–H groups in total. The Labute approximate surface area is 155 Å². The number of carbonyl (C=O) groups excluding carboxylic acids is 1. The van der Waals surface area contributed by atoms with E-state index in [1.54, 1.807) is 6.92 Å². The second kappa shape index (κ2) is 7.80. The first-order valence-corrected chi connectivity index (χ1v) is 8.50. The van der Waals surface area contributed by atoms with Gasteiger partial charge in [0.05, 0.1) is 17.3 Å². The van der Waals surface area contributed by atoms with Gasteiger partial charge in [-0.3, -0.25) is 4.79 Å². The summed E-state index contributed by atoms with van der Waals surface area (Å²) in [4.78, 5) is 15.0. The molecule has 8 heteroatoms. The average molecular weight is 378 g/mol. The van der Waals surface area contributed by atoms with Crippen molar-refractivity contribution in [1.29, 1.82) is 0 Å². The van der Waals surface area contributed by atoms with Crippen LogP contribution in [0.25, 0.3) is 10.9 Å². The molecule has 0 saturated carbocycles. The molecule has 1 amide bonds. The van der Waals surface area contributed by atoms with Gasteiger partial charge in [0.1, 0.15) is 18.5 Å². The quantitative estimate of drug-likeness (QED) is 0.659. The fourth-order valence-corrected chi connectivity index (χ4v) is 2.69. The molecule has 1 aromatic carbocycles. The number of H-pyrrole nitrogens is 1. The zero-order valence-corrected chi connectivity index (χ0v) is 15.5. The van der Waals surface area contributed by atoms with Gasteiger partial charge in [0.2, 0.25) is 5.91 Å². The standard InChI is InChI=1S/C18H20ClN3O4/c1-10-4-14(26-22-10)9-25-17-7-16-12(6-15(17)19)5-13(21-16)8-20-18(23)11(2)24-3/h4-7,11,21H,8-9H2,1-3H3,(H,20,23)/t11-/m1/s1. The van der Waals surface area contributed by atoms with Crippen LogP contribution in [0.15, 0.2) is 28.8 Å². The molecule has 3 rings (SSSR count). The molecule has 2 heterocycles. The van der Waals surface area contributed by atoms with Gasteiger partial charge in [-0.25, -0.2) is 0 Å². The predicted octanol–water partition coefficient (Wildman–Crippen LogP) is 3.35. The van der Waals surface area contributed by atoms with Gasteiger partial charge < -0.3 is 24.3 Å². The van der Waals surface area contributed by atoms with Crippen molar-refractivity contribution in [2.24, 2.45) is 0 Å². The largest absolute Gasteiger partial charge is 0.484 e. The number of hydrogen-bond acceptors (Lipinski definition) is 5. The van der Waals surface area contributed by atoms with Crippen LogP contribution in [0.5, 0.6) is 5.75 Å². The second-order valence-corrected chi connectivity index (χ2v) is 6.39. The monoisotopic (exact) mass is 377 g/mol. The number of carbonyl (C=O) groups is 1. The zero-order valence-electron chi connectivity index (χ0n) is 14.8. The molecule has 3 aromatic rings. The van der Waals surface area contributed by atoms with Crippen LogP contribution in [0.4, 0.5) is 0 Å². The van der Waals surface area contributed by atoms with Gasteiger partial charge in [-0.05, 0) is 26.0 Å². The molecular formula is C18H20ClN3O4. The minimum atomic E-state index is -0.492. The molecule has 26 heavy (non-hydrogen) atoms. The Hall–Kier alpha value is -2.51.